The minimum Gasteiger partial charge on any atom is -0.504 e. The number of phenolic OH excluding ortho intramolecular Hbond substituents is 1. The summed E-state index contributed by atoms with van der Waals surface area (Å²) in [6.07, 6.45) is 0. The highest BCUT2D eigenvalue weighted by atomic mass is 127. The molecular weight excluding hydrogens is 509 g/mol. The van der Waals surface area contributed by atoms with Crippen molar-refractivity contribution in [1.82, 2.24) is 10.6 Å². The van der Waals surface area contributed by atoms with Crippen LogP contribution in [0, 0.1) is 0 Å². The van der Waals surface area contributed by atoms with Crippen molar-refractivity contribution in [2.75, 3.05) is 26.9 Å². The van der Waals surface area contributed by atoms with E-state index >= 15 is 0 Å². The molecule has 0 aromatic heterocycles. The van der Waals surface area contributed by atoms with Gasteiger partial charge in [-0.25, -0.2) is 4.99 Å². The van der Waals surface area contributed by atoms with E-state index in [9.17, 15) is 5.11 Å². The molecule has 7 nitrogen and oxygen atoms in total. The summed E-state index contributed by atoms with van der Waals surface area (Å²) in [4.78, 5) is 4.64. The van der Waals surface area contributed by atoms with Gasteiger partial charge < -0.3 is 30.0 Å². The zero-order chi connectivity index (χ0) is 21.9. The molecule has 1 unspecified atom stereocenters. The number of hydrogen-bond acceptors (Lipinski definition) is 5. The fourth-order valence-corrected chi connectivity index (χ4v) is 2.95. The van der Waals surface area contributed by atoms with Gasteiger partial charge in [0.1, 0.15) is 0 Å². The summed E-state index contributed by atoms with van der Waals surface area (Å²) in [7, 11) is 1.53. The van der Waals surface area contributed by atoms with Gasteiger partial charge in [-0.15, -0.1) is 24.0 Å². The maximum Gasteiger partial charge on any atom is 0.192 e. The Hall–Kier alpha value is -2.36. The van der Waals surface area contributed by atoms with Crippen LogP contribution >= 0.6 is 24.0 Å². The molecule has 172 valence electrons. The number of rotatable bonds is 10. The Bertz CT molecular complexity index is 846. The van der Waals surface area contributed by atoms with Crippen molar-refractivity contribution in [3.8, 4) is 23.0 Å². The summed E-state index contributed by atoms with van der Waals surface area (Å²) in [6.45, 7) is 10.3. The molecule has 31 heavy (non-hydrogen) atoms. The average molecular weight is 543 g/mol. The summed E-state index contributed by atoms with van der Waals surface area (Å²) < 4.78 is 16.5. The molecular formula is C23H34IN3O4. The van der Waals surface area contributed by atoms with E-state index in [4.69, 9.17) is 14.2 Å². The van der Waals surface area contributed by atoms with Crippen molar-refractivity contribution in [2.45, 2.75) is 40.3 Å². The highest BCUT2D eigenvalue weighted by molar-refractivity contribution is 14.0. The number of benzene rings is 2. The Kier molecular flexibility index (Phi) is 11.9. The number of ether oxygens (including phenoxy) is 3. The highest BCUT2D eigenvalue weighted by Crippen LogP contribution is 2.31. The largest absolute Gasteiger partial charge is 0.504 e. The Morgan fingerprint density at radius 3 is 2.29 bits per heavy atom. The van der Waals surface area contributed by atoms with E-state index < -0.39 is 0 Å². The second kappa shape index (κ2) is 13.8. The zero-order valence-electron chi connectivity index (χ0n) is 18.9. The van der Waals surface area contributed by atoms with Crippen LogP contribution < -0.4 is 24.8 Å². The number of aliphatic imine (C=N–C) groups is 1. The molecule has 3 N–H and O–H groups in total. The van der Waals surface area contributed by atoms with Crippen molar-refractivity contribution in [3.63, 3.8) is 0 Å². The zero-order valence-corrected chi connectivity index (χ0v) is 21.2. The van der Waals surface area contributed by atoms with Crippen LogP contribution in [-0.2, 0) is 6.54 Å². The van der Waals surface area contributed by atoms with Crippen molar-refractivity contribution in [2.24, 2.45) is 4.99 Å². The molecule has 2 rings (SSSR count). The van der Waals surface area contributed by atoms with Gasteiger partial charge in [0.25, 0.3) is 0 Å². The summed E-state index contributed by atoms with van der Waals surface area (Å²) in [5.41, 5.74) is 1.95. The predicted octanol–water partition coefficient (Wildman–Crippen LogP) is 4.63. The van der Waals surface area contributed by atoms with Gasteiger partial charge in [0, 0.05) is 6.54 Å². The second-order valence-electron chi connectivity index (χ2n) is 6.64. The number of hydrogen-bond donors (Lipinski definition) is 3. The average Bonchev–Trinajstić information content (AvgIpc) is 2.73. The predicted molar refractivity (Wildman–Crippen MR) is 135 cm³/mol. The summed E-state index contributed by atoms with van der Waals surface area (Å²) in [5, 5.41) is 16.6. The molecule has 0 aliphatic rings. The Morgan fingerprint density at radius 1 is 1.00 bits per heavy atom. The smallest absolute Gasteiger partial charge is 0.192 e. The van der Waals surface area contributed by atoms with Crippen LogP contribution in [0.25, 0.3) is 0 Å². The van der Waals surface area contributed by atoms with E-state index in [2.05, 4.69) is 22.5 Å². The summed E-state index contributed by atoms with van der Waals surface area (Å²) in [6, 6.07) is 11.2. The third kappa shape index (κ3) is 8.01. The quantitative estimate of drug-likeness (QED) is 0.230. The van der Waals surface area contributed by atoms with Crippen LogP contribution in [0.4, 0.5) is 0 Å². The highest BCUT2D eigenvalue weighted by Gasteiger charge is 2.12. The first kappa shape index (κ1) is 26.7. The fraction of sp³-hybridized carbons (Fsp3) is 0.435. The number of methoxy groups -OCH3 is 1. The molecule has 0 aliphatic carbocycles. The molecule has 8 heteroatoms. The van der Waals surface area contributed by atoms with Crippen LogP contribution in [0.15, 0.2) is 41.4 Å². The first-order valence-electron chi connectivity index (χ1n) is 10.3. The van der Waals surface area contributed by atoms with Gasteiger partial charge in [-0.2, -0.15) is 0 Å². The maximum absolute atomic E-state index is 9.96. The van der Waals surface area contributed by atoms with Gasteiger partial charge in [-0.3, -0.25) is 0 Å². The molecule has 0 saturated heterocycles. The lowest BCUT2D eigenvalue weighted by molar-refractivity contribution is 0.287. The Balaban J connectivity index is 0.00000480. The van der Waals surface area contributed by atoms with E-state index in [0.717, 1.165) is 29.2 Å². The van der Waals surface area contributed by atoms with Crippen LogP contribution in [0.5, 0.6) is 23.0 Å². The minimum atomic E-state index is 0. The van der Waals surface area contributed by atoms with Crippen molar-refractivity contribution >= 4 is 29.9 Å². The first-order valence-corrected chi connectivity index (χ1v) is 10.3. The van der Waals surface area contributed by atoms with E-state index in [-0.39, 0.29) is 35.8 Å². The number of guanidine groups is 1. The fourth-order valence-electron chi connectivity index (χ4n) is 2.95. The molecule has 1 atom stereocenters. The second-order valence-corrected chi connectivity index (χ2v) is 6.64. The van der Waals surface area contributed by atoms with Gasteiger partial charge in [0.05, 0.1) is 32.9 Å². The third-order valence-electron chi connectivity index (χ3n) is 4.43. The van der Waals surface area contributed by atoms with Gasteiger partial charge in [0.2, 0.25) is 0 Å². The minimum absolute atomic E-state index is 0. The molecule has 0 aliphatic heterocycles. The topological polar surface area (TPSA) is 84.3 Å². The number of nitrogens with zero attached hydrogens (tertiary/aromatic N) is 1. The molecule has 0 spiro atoms. The first-order chi connectivity index (χ1) is 14.5. The summed E-state index contributed by atoms with van der Waals surface area (Å²) in [5.74, 6) is 2.72. The van der Waals surface area contributed by atoms with E-state index in [1.807, 2.05) is 45.0 Å². The van der Waals surface area contributed by atoms with E-state index in [1.165, 1.54) is 7.11 Å². The summed E-state index contributed by atoms with van der Waals surface area (Å²) >= 11 is 0. The molecule has 0 heterocycles. The Labute approximate surface area is 202 Å². The van der Waals surface area contributed by atoms with Crippen LogP contribution in [0.3, 0.4) is 0 Å². The Morgan fingerprint density at radius 2 is 1.68 bits per heavy atom. The van der Waals surface area contributed by atoms with Gasteiger partial charge >= 0.3 is 0 Å². The lowest BCUT2D eigenvalue weighted by Crippen LogP contribution is -2.38. The standard InChI is InChI=1S/C23H33N3O4.HI/c1-6-24-23(25-15-17-9-11-20(28-5)19(27)13-17)26-16(4)18-10-12-21(29-7-2)22(14-18)30-8-3;/h9-14,16,27H,6-8,15H2,1-5H3,(H2,24,25,26);1H. The maximum atomic E-state index is 9.96. The number of aromatic hydroxyl groups is 1. The lowest BCUT2D eigenvalue weighted by atomic mass is 10.1. The number of halogens is 1. The molecule has 0 radical (unpaired) electrons. The van der Waals surface area contributed by atoms with Crippen LogP contribution in [0.2, 0.25) is 0 Å². The van der Waals surface area contributed by atoms with Crippen molar-refractivity contribution in [3.05, 3.63) is 47.5 Å². The van der Waals surface area contributed by atoms with Crippen LogP contribution in [-0.4, -0.2) is 37.9 Å². The molecule has 2 aromatic carbocycles. The van der Waals surface area contributed by atoms with Crippen molar-refractivity contribution in [1.29, 1.82) is 0 Å². The molecule has 2 aromatic rings. The molecule has 0 fully saturated rings. The molecule has 0 saturated carbocycles. The monoisotopic (exact) mass is 543 g/mol. The molecule has 0 amide bonds. The van der Waals surface area contributed by atoms with E-state index in [0.29, 0.717) is 31.5 Å². The number of phenols is 1. The van der Waals surface area contributed by atoms with Crippen LogP contribution in [0.1, 0.15) is 44.9 Å². The SMILES string of the molecule is CCNC(=NCc1ccc(OC)c(O)c1)NC(C)c1ccc(OCC)c(OCC)c1.I. The lowest BCUT2D eigenvalue weighted by Gasteiger charge is -2.20. The normalized spacial score (nSPS) is 11.8. The molecule has 0 bridgehead atoms. The van der Waals surface area contributed by atoms with E-state index in [1.54, 1.807) is 12.1 Å². The number of nitrogens with one attached hydrogen (secondary N) is 2. The van der Waals surface area contributed by atoms with Crippen molar-refractivity contribution < 1.29 is 19.3 Å². The van der Waals surface area contributed by atoms with Gasteiger partial charge in [-0.1, -0.05) is 12.1 Å². The van der Waals surface area contributed by atoms with Gasteiger partial charge in [-0.05, 0) is 63.1 Å². The van der Waals surface area contributed by atoms with Gasteiger partial charge in [0.15, 0.2) is 29.0 Å². The third-order valence-corrected chi connectivity index (χ3v) is 4.43.